The second kappa shape index (κ2) is 9.06. The highest BCUT2D eigenvalue weighted by atomic mass is 19.4. The molecule has 33 heavy (non-hydrogen) atoms. The Bertz CT molecular complexity index is 1160. The minimum absolute atomic E-state index is 0.0518. The van der Waals surface area contributed by atoms with Crippen molar-refractivity contribution >= 4 is 11.7 Å². The quantitative estimate of drug-likeness (QED) is 0.459. The van der Waals surface area contributed by atoms with Crippen molar-refractivity contribution in [2.24, 2.45) is 0 Å². The number of nitrogens with two attached hydrogens (primary N) is 1. The average molecular weight is 461 g/mol. The number of nitrogens with one attached hydrogen (secondary N) is 2. The summed E-state index contributed by atoms with van der Waals surface area (Å²) >= 11 is 0. The van der Waals surface area contributed by atoms with Crippen molar-refractivity contribution in [2.45, 2.75) is 31.6 Å². The van der Waals surface area contributed by atoms with Gasteiger partial charge in [-0.2, -0.15) is 18.3 Å². The number of aromatic hydroxyl groups is 1. The van der Waals surface area contributed by atoms with E-state index in [1.54, 1.807) is 6.07 Å². The van der Waals surface area contributed by atoms with Gasteiger partial charge in [0.2, 0.25) is 0 Å². The van der Waals surface area contributed by atoms with Gasteiger partial charge in [0, 0.05) is 29.9 Å². The number of piperidine rings is 1. The van der Waals surface area contributed by atoms with E-state index in [2.05, 4.69) is 25.7 Å². The molecule has 4 rings (SSSR count). The molecular formula is C21H22F3N7O2. The van der Waals surface area contributed by atoms with Gasteiger partial charge in [-0.3, -0.25) is 9.48 Å². The van der Waals surface area contributed by atoms with E-state index in [9.17, 15) is 23.1 Å². The lowest BCUT2D eigenvalue weighted by molar-refractivity contribution is -0.142. The van der Waals surface area contributed by atoms with Crippen LogP contribution in [0.5, 0.6) is 5.75 Å². The molecule has 0 bridgehead atoms. The fraction of sp³-hybridized carbons (Fsp3) is 0.333. The molecule has 1 atom stereocenters. The van der Waals surface area contributed by atoms with Crippen LogP contribution in [-0.2, 0) is 6.54 Å². The number of aromatic nitrogens is 4. The molecule has 0 unspecified atom stereocenters. The molecule has 1 aromatic carbocycles. The van der Waals surface area contributed by atoms with Gasteiger partial charge in [-0.25, -0.2) is 9.97 Å². The zero-order valence-corrected chi connectivity index (χ0v) is 17.4. The number of hydrogen-bond donors (Lipinski definition) is 4. The largest absolute Gasteiger partial charge is 0.507 e. The molecule has 3 aromatic rings. The second-order valence-electron chi connectivity index (χ2n) is 7.78. The summed E-state index contributed by atoms with van der Waals surface area (Å²) < 4.78 is 38.6. The molecule has 9 nitrogen and oxygen atoms in total. The molecule has 12 heteroatoms. The van der Waals surface area contributed by atoms with E-state index in [4.69, 9.17) is 5.73 Å². The van der Waals surface area contributed by atoms with Crippen molar-refractivity contribution in [3.05, 3.63) is 42.5 Å². The van der Waals surface area contributed by atoms with Crippen molar-refractivity contribution in [2.75, 3.05) is 18.8 Å². The molecule has 0 aliphatic carbocycles. The maximum Gasteiger partial charge on any atom is 0.408 e. The minimum Gasteiger partial charge on any atom is -0.507 e. The van der Waals surface area contributed by atoms with Gasteiger partial charge < -0.3 is 21.5 Å². The van der Waals surface area contributed by atoms with Crippen LogP contribution in [0.2, 0.25) is 0 Å². The first-order chi connectivity index (χ1) is 15.7. The Morgan fingerprint density at radius 3 is 2.85 bits per heavy atom. The lowest BCUT2D eigenvalue weighted by atomic mass is 10.0. The van der Waals surface area contributed by atoms with E-state index in [0.29, 0.717) is 17.7 Å². The smallest absolute Gasteiger partial charge is 0.408 e. The third kappa shape index (κ3) is 5.40. The topological polar surface area (TPSA) is 131 Å². The number of phenols is 1. The van der Waals surface area contributed by atoms with Gasteiger partial charge >= 0.3 is 6.18 Å². The number of phenolic OH excluding ortho intramolecular Hbond substituents is 1. The first kappa shape index (κ1) is 22.5. The molecular weight excluding hydrogens is 439 g/mol. The fourth-order valence-corrected chi connectivity index (χ4v) is 3.63. The van der Waals surface area contributed by atoms with Crippen molar-refractivity contribution in [1.29, 1.82) is 0 Å². The summed E-state index contributed by atoms with van der Waals surface area (Å²) in [5.41, 5.74) is 7.17. The lowest BCUT2D eigenvalue weighted by Crippen LogP contribution is -2.46. The minimum atomic E-state index is -4.40. The Kier molecular flexibility index (Phi) is 6.18. The Balaban J connectivity index is 1.61. The highest BCUT2D eigenvalue weighted by Crippen LogP contribution is 2.33. The van der Waals surface area contributed by atoms with E-state index in [1.165, 1.54) is 30.7 Å². The predicted molar refractivity (Wildman–Crippen MR) is 114 cm³/mol. The van der Waals surface area contributed by atoms with Gasteiger partial charge in [-0.1, -0.05) is 6.07 Å². The zero-order valence-electron chi connectivity index (χ0n) is 17.4. The normalized spacial score (nSPS) is 16.5. The third-order valence-electron chi connectivity index (χ3n) is 5.23. The molecule has 1 aliphatic rings. The number of anilines is 1. The molecule has 5 N–H and O–H groups in total. The van der Waals surface area contributed by atoms with Gasteiger partial charge in [0.25, 0.3) is 5.91 Å². The van der Waals surface area contributed by atoms with Crippen molar-refractivity contribution in [3.63, 3.8) is 0 Å². The van der Waals surface area contributed by atoms with Gasteiger partial charge in [0.1, 0.15) is 12.3 Å². The molecule has 174 valence electrons. The van der Waals surface area contributed by atoms with E-state index in [-0.39, 0.29) is 34.6 Å². The number of hydrogen-bond acceptors (Lipinski definition) is 7. The summed E-state index contributed by atoms with van der Waals surface area (Å²) in [6.45, 7) is 0.328. The Labute approximate surface area is 186 Å². The highest BCUT2D eigenvalue weighted by Gasteiger charge is 2.28. The maximum absolute atomic E-state index is 12.7. The van der Waals surface area contributed by atoms with E-state index >= 15 is 0 Å². The van der Waals surface area contributed by atoms with E-state index in [0.717, 1.165) is 24.1 Å². The van der Waals surface area contributed by atoms with Gasteiger partial charge in [-0.05, 0) is 37.1 Å². The summed E-state index contributed by atoms with van der Waals surface area (Å²) in [4.78, 5) is 21.1. The van der Waals surface area contributed by atoms with Crippen LogP contribution < -0.4 is 16.4 Å². The van der Waals surface area contributed by atoms with Crippen molar-refractivity contribution < 1.29 is 23.1 Å². The number of halogens is 3. The molecule has 0 radical (unpaired) electrons. The molecule has 0 saturated carbocycles. The number of benzene rings is 1. The van der Waals surface area contributed by atoms with Crippen LogP contribution in [0.3, 0.4) is 0 Å². The molecule has 1 aliphatic heterocycles. The average Bonchev–Trinajstić information content (AvgIpc) is 3.22. The monoisotopic (exact) mass is 461 g/mol. The van der Waals surface area contributed by atoms with Gasteiger partial charge in [0.05, 0.1) is 18.1 Å². The number of carbonyl (C=O) groups is 1. The lowest BCUT2D eigenvalue weighted by Gasteiger charge is -2.23. The maximum atomic E-state index is 12.7. The standard InChI is InChI=1S/C21H22F3N7O2/c22-21(23,24)11-31-10-13(7-28-31)12-3-4-17(32)15(6-12)16-9-27-19(25)18(30-16)20(33)29-14-2-1-5-26-8-14/h3-4,6-7,9-10,14,26,32H,1-2,5,8,11H2,(H2,25,27)(H,29,33)/t14-/m0/s1. The summed E-state index contributed by atoms with van der Waals surface area (Å²) in [5.74, 6) is -0.660. The Hall–Kier alpha value is -3.67. The number of rotatable bonds is 5. The van der Waals surface area contributed by atoms with E-state index < -0.39 is 18.6 Å². The zero-order chi connectivity index (χ0) is 23.6. The van der Waals surface area contributed by atoms with Gasteiger partial charge in [-0.15, -0.1) is 0 Å². The van der Waals surface area contributed by atoms with Crippen LogP contribution in [0, 0.1) is 0 Å². The third-order valence-corrected chi connectivity index (χ3v) is 5.23. The van der Waals surface area contributed by atoms with Crippen LogP contribution in [0.4, 0.5) is 19.0 Å². The SMILES string of the molecule is Nc1ncc(-c2cc(-c3cnn(CC(F)(F)F)c3)ccc2O)nc1C(=O)N[C@H]1CCCNC1. The molecule has 2 aromatic heterocycles. The Morgan fingerprint density at radius 1 is 1.30 bits per heavy atom. The first-order valence-corrected chi connectivity index (χ1v) is 10.3. The molecule has 3 heterocycles. The number of nitrogens with zero attached hydrogens (tertiary/aromatic N) is 4. The molecule has 1 amide bonds. The van der Waals surface area contributed by atoms with Crippen molar-refractivity contribution in [3.8, 4) is 28.1 Å². The van der Waals surface area contributed by atoms with E-state index in [1.807, 2.05) is 0 Å². The van der Waals surface area contributed by atoms with Crippen molar-refractivity contribution in [1.82, 2.24) is 30.4 Å². The van der Waals surface area contributed by atoms with Crippen LogP contribution in [0.1, 0.15) is 23.3 Å². The van der Waals surface area contributed by atoms with Crippen LogP contribution in [-0.4, -0.2) is 56.1 Å². The summed E-state index contributed by atoms with van der Waals surface area (Å²) in [6, 6.07) is 4.41. The number of carbonyl (C=O) groups excluding carboxylic acids is 1. The predicted octanol–water partition coefficient (Wildman–Crippen LogP) is 2.34. The molecule has 1 saturated heterocycles. The highest BCUT2D eigenvalue weighted by molar-refractivity contribution is 5.97. The summed E-state index contributed by atoms with van der Waals surface area (Å²) in [7, 11) is 0. The van der Waals surface area contributed by atoms with Gasteiger partial charge in [0.15, 0.2) is 11.5 Å². The number of amides is 1. The van der Waals surface area contributed by atoms with Crippen LogP contribution in [0.15, 0.2) is 36.8 Å². The van der Waals surface area contributed by atoms with Crippen LogP contribution >= 0.6 is 0 Å². The molecule has 1 fully saturated rings. The number of alkyl halides is 3. The fourth-order valence-electron chi connectivity index (χ4n) is 3.63. The van der Waals surface area contributed by atoms with Crippen LogP contribution in [0.25, 0.3) is 22.4 Å². The number of nitrogen functional groups attached to an aromatic ring is 1. The Morgan fingerprint density at radius 2 is 2.12 bits per heavy atom. The molecule has 0 spiro atoms. The summed E-state index contributed by atoms with van der Waals surface area (Å²) in [5, 5.41) is 20.2. The summed E-state index contributed by atoms with van der Waals surface area (Å²) in [6.07, 6.45) is 1.25. The second-order valence-corrected chi connectivity index (χ2v) is 7.78. The first-order valence-electron chi connectivity index (χ1n) is 10.3.